The Bertz CT molecular complexity index is 447. The number of carbonyl (C=O) groups excluding carboxylic acids is 1. The molecule has 1 N–H and O–H groups in total. The maximum Gasteiger partial charge on any atom is 0.315 e. The second-order valence-corrected chi connectivity index (χ2v) is 4.30. The van der Waals surface area contributed by atoms with Gasteiger partial charge in [-0.1, -0.05) is 30.3 Å². The Labute approximate surface area is 100 Å². The number of rotatable bonds is 3. The quantitative estimate of drug-likeness (QED) is 0.636. The number of hydrogen-bond donors (Lipinski definition) is 1. The van der Waals surface area contributed by atoms with Gasteiger partial charge in [-0.25, -0.2) is 0 Å². The molecule has 0 aromatic heterocycles. The topological polar surface area (TPSA) is 70.3 Å². The number of methoxy groups -OCH3 is 1. The number of nitriles is 1. The highest BCUT2D eigenvalue weighted by molar-refractivity contribution is 5.78. The van der Waals surface area contributed by atoms with Crippen LogP contribution in [0.4, 0.5) is 0 Å². The number of carbonyl (C=O) groups is 1. The van der Waals surface area contributed by atoms with Crippen molar-refractivity contribution in [2.24, 2.45) is 5.41 Å². The Morgan fingerprint density at radius 2 is 1.88 bits per heavy atom. The van der Waals surface area contributed by atoms with Crippen LogP contribution in [0.1, 0.15) is 19.4 Å². The zero-order valence-corrected chi connectivity index (χ0v) is 10.1. The number of esters is 1. The SMILES string of the molecule is COC(=O)C(C)(C)C(O)(C#N)c1ccccc1. The van der Waals surface area contributed by atoms with Crippen LogP contribution in [0.15, 0.2) is 30.3 Å². The van der Waals surface area contributed by atoms with E-state index in [2.05, 4.69) is 4.74 Å². The largest absolute Gasteiger partial charge is 0.468 e. The molecule has 4 nitrogen and oxygen atoms in total. The van der Waals surface area contributed by atoms with Crippen LogP contribution in [0.5, 0.6) is 0 Å². The fraction of sp³-hybridized carbons (Fsp3) is 0.385. The van der Waals surface area contributed by atoms with Crippen molar-refractivity contribution in [1.82, 2.24) is 0 Å². The van der Waals surface area contributed by atoms with Crippen molar-refractivity contribution in [3.05, 3.63) is 35.9 Å². The van der Waals surface area contributed by atoms with Gasteiger partial charge in [0.15, 0.2) is 5.60 Å². The van der Waals surface area contributed by atoms with Gasteiger partial charge in [-0.2, -0.15) is 5.26 Å². The third-order valence-electron chi connectivity index (χ3n) is 2.95. The number of hydrogen-bond acceptors (Lipinski definition) is 4. The van der Waals surface area contributed by atoms with Gasteiger partial charge in [0.2, 0.25) is 0 Å². The average Bonchev–Trinajstić information content (AvgIpc) is 2.37. The zero-order valence-electron chi connectivity index (χ0n) is 10.1. The molecule has 0 radical (unpaired) electrons. The molecule has 1 atom stereocenters. The van der Waals surface area contributed by atoms with E-state index in [1.807, 2.05) is 0 Å². The van der Waals surface area contributed by atoms with Crippen molar-refractivity contribution in [2.75, 3.05) is 7.11 Å². The van der Waals surface area contributed by atoms with Gasteiger partial charge in [-0.15, -0.1) is 0 Å². The van der Waals surface area contributed by atoms with Crippen LogP contribution in [0, 0.1) is 16.7 Å². The second-order valence-electron chi connectivity index (χ2n) is 4.30. The molecule has 0 saturated carbocycles. The van der Waals surface area contributed by atoms with Gasteiger partial charge >= 0.3 is 5.97 Å². The van der Waals surface area contributed by atoms with E-state index >= 15 is 0 Å². The molecule has 0 bridgehead atoms. The standard InChI is InChI=1S/C13H15NO3/c1-12(2,11(15)17-3)13(16,9-14)10-7-5-4-6-8-10/h4-8,16H,1-3H3. The minimum atomic E-state index is -1.92. The fourth-order valence-electron chi connectivity index (χ4n) is 1.65. The molecule has 0 fully saturated rings. The van der Waals surface area contributed by atoms with Gasteiger partial charge in [0, 0.05) is 0 Å². The Balaban J connectivity index is 3.32. The Kier molecular flexibility index (Phi) is 3.54. The molecule has 0 aliphatic carbocycles. The average molecular weight is 233 g/mol. The molecule has 0 saturated heterocycles. The molecule has 4 heteroatoms. The fourth-order valence-corrected chi connectivity index (χ4v) is 1.65. The van der Waals surface area contributed by atoms with E-state index in [9.17, 15) is 15.2 Å². The Hall–Kier alpha value is -1.86. The molecule has 1 rings (SSSR count). The maximum absolute atomic E-state index is 11.7. The summed E-state index contributed by atoms with van der Waals surface area (Å²) in [7, 11) is 1.23. The molecular weight excluding hydrogens is 218 g/mol. The normalized spacial score (nSPS) is 14.5. The van der Waals surface area contributed by atoms with Crippen molar-refractivity contribution in [3.8, 4) is 6.07 Å². The highest BCUT2D eigenvalue weighted by Gasteiger charge is 2.51. The van der Waals surface area contributed by atoms with Crippen molar-refractivity contribution in [3.63, 3.8) is 0 Å². The van der Waals surface area contributed by atoms with E-state index < -0.39 is 17.0 Å². The second kappa shape index (κ2) is 4.56. The van der Waals surface area contributed by atoms with Gasteiger partial charge in [-0.3, -0.25) is 4.79 Å². The maximum atomic E-state index is 11.7. The first-order chi connectivity index (χ1) is 7.90. The highest BCUT2D eigenvalue weighted by Crippen LogP contribution is 2.40. The molecule has 0 amide bonds. The van der Waals surface area contributed by atoms with Crippen LogP contribution in [0.2, 0.25) is 0 Å². The zero-order chi connectivity index (χ0) is 13.1. The summed E-state index contributed by atoms with van der Waals surface area (Å²) in [4.78, 5) is 11.7. The summed E-state index contributed by atoms with van der Waals surface area (Å²) in [5.41, 5.74) is -2.89. The van der Waals surface area contributed by atoms with E-state index in [1.54, 1.807) is 36.4 Å². The number of nitrogens with zero attached hydrogens (tertiary/aromatic N) is 1. The molecular formula is C13H15NO3. The molecule has 1 unspecified atom stereocenters. The summed E-state index contributed by atoms with van der Waals surface area (Å²) in [6, 6.07) is 10.2. The molecule has 1 aromatic rings. The lowest BCUT2D eigenvalue weighted by Crippen LogP contribution is -2.46. The van der Waals surface area contributed by atoms with Gasteiger partial charge in [0.1, 0.15) is 11.5 Å². The molecule has 0 spiro atoms. The van der Waals surface area contributed by atoms with Crippen LogP contribution >= 0.6 is 0 Å². The van der Waals surface area contributed by atoms with Crippen molar-refractivity contribution in [2.45, 2.75) is 19.4 Å². The van der Waals surface area contributed by atoms with E-state index in [1.165, 1.54) is 21.0 Å². The van der Waals surface area contributed by atoms with Gasteiger partial charge in [0.25, 0.3) is 0 Å². The molecule has 0 aliphatic rings. The molecule has 1 aromatic carbocycles. The summed E-state index contributed by atoms with van der Waals surface area (Å²) in [6.45, 7) is 2.96. The van der Waals surface area contributed by atoms with E-state index in [0.29, 0.717) is 5.56 Å². The van der Waals surface area contributed by atoms with Gasteiger partial charge in [0.05, 0.1) is 7.11 Å². The first-order valence-electron chi connectivity index (χ1n) is 5.17. The predicted molar refractivity (Wildman–Crippen MR) is 61.7 cm³/mol. The van der Waals surface area contributed by atoms with E-state index in [0.717, 1.165) is 0 Å². The Morgan fingerprint density at radius 1 is 1.35 bits per heavy atom. The smallest absolute Gasteiger partial charge is 0.315 e. The summed E-state index contributed by atoms with van der Waals surface area (Å²) in [5.74, 6) is -0.634. The molecule has 17 heavy (non-hydrogen) atoms. The van der Waals surface area contributed by atoms with Crippen LogP contribution < -0.4 is 0 Å². The van der Waals surface area contributed by atoms with Crippen molar-refractivity contribution >= 4 is 5.97 Å². The van der Waals surface area contributed by atoms with Crippen LogP contribution in [-0.4, -0.2) is 18.2 Å². The number of benzene rings is 1. The lowest BCUT2D eigenvalue weighted by atomic mass is 9.71. The van der Waals surface area contributed by atoms with Crippen LogP contribution in [0.25, 0.3) is 0 Å². The monoisotopic (exact) mass is 233 g/mol. The first kappa shape index (κ1) is 13.2. The molecule has 0 aliphatic heterocycles. The van der Waals surface area contributed by atoms with Crippen molar-refractivity contribution in [1.29, 1.82) is 5.26 Å². The van der Waals surface area contributed by atoms with Crippen LogP contribution in [-0.2, 0) is 15.1 Å². The predicted octanol–water partition coefficient (Wildman–Crippen LogP) is 1.60. The van der Waals surface area contributed by atoms with E-state index in [4.69, 9.17) is 0 Å². The minimum absolute atomic E-state index is 0.373. The Morgan fingerprint density at radius 3 is 2.29 bits per heavy atom. The number of aliphatic hydroxyl groups is 1. The third kappa shape index (κ3) is 2.02. The molecule has 0 heterocycles. The van der Waals surface area contributed by atoms with Crippen LogP contribution in [0.3, 0.4) is 0 Å². The lowest BCUT2D eigenvalue weighted by molar-refractivity contribution is -0.163. The highest BCUT2D eigenvalue weighted by atomic mass is 16.5. The molecule has 90 valence electrons. The third-order valence-corrected chi connectivity index (χ3v) is 2.95. The van der Waals surface area contributed by atoms with Gasteiger partial charge < -0.3 is 9.84 Å². The van der Waals surface area contributed by atoms with Gasteiger partial charge in [-0.05, 0) is 19.4 Å². The minimum Gasteiger partial charge on any atom is -0.468 e. The number of ether oxygens (including phenoxy) is 1. The summed E-state index contributed by atoms with van der Waals surface area (Å²) in [6.07, 6.45) is 0. The lowest BCUT2D eigenvalue weighted by Gasteiger charge is -2.35. The first-order valence-corrected chi connectivity index (χ1v) is 5.17. The summed E-state index contributed by atoms with van der Waals surface area (Å²) < 4.78 is 4.63. The van der Waals surface area contributed by atoms with Crippen molar-refractivity contribution < 1.29 is 14.6 Å². The summed E-state index contributed by atoms with van der Waals surface area (Å²) in [5, 5.41) is 19.7. The van der Waals surface area contributed by atoms with E-state index in [-0.39, 0.29) is 0 Å². The summed E-state index contributed by atoms with van der Waals surface area (Å²) >= 11 is 0.